The zero-order valence-corrected chi connectivity index (χ0v) is 17.2. The fraction of sp³-hybridized carbons (Fsp3) is 0.688. The molecule has 1 unspecified atom stereocenters. The van der Waals surface area contributed by atoms with Gasteiger partial charge in [0, 0.05) is 13.1 Å². The van der Waals surface area contributed by atoms with Crippen molar-refractivity contribution in [3.8, 4) is 0 Å². The van der Waals surface area contributed by atoms with Crippen LogP contribution in [0.4, 0.5) is 13.2 Å². The second-order valence-electron chi connectivity index (χ2n) is 5.26. The molecule has 25 heavy (non-hydrogen) atoms. The first-order valence-corrected chi connectivity index (χ1v) is 8.27. The van der Waals surface area contributed by atoms with Crippen LogP contribution in [0.25, 0.3) is 0 Å². The first-order chi connectivity index (χ1) is 11.4. The van der Waals surface area contributed by atoms with Gasteiger partial charge in [-0.15, -0.1) is 24.0 Å². The number of aliphatic imine (C=N–C) groups is 1. The number of likely N-dealkylation sites (N-methyl/N-ethyl adjacent to an activating group) is 1. The second kappa shape index (κ2) is 12.4. The summed E-state index contributed by atoms with van der Waals surface area (Å²) in [6, 6.07) is 3.67. The van der Waals surface area contributed by atoms with Gasteiger partial charge in [-0.05, 0) is 32.1 Å². The molecule has 0 bridgehead atoms. The Morgan fingerprint density at radius 2 is 1.92 bits per heavy atom. The largest absolute Gasteiger partial charge is 0.468 e. The van der Waals surface area contributed by atoms with Gasteiger partial charge in [0.25, 0.3) is 0 Å². The van der Waals surface area contributed by atoms with Gasteiger partial charge in [0.15, 0.2) is 5.96 Å². The molecule has 1 heterocycles. The van der Waals surface area contributed by atoms with Gasteiger partial charge in [-0.1, -0.05) is 13.8 Å². The highest BCUT2D eigenvalue weighted by atomic mass is 127. The second-order valence-corrected chi connectivity index (χ2v) is 5.26. The van der Waals surface area contributed by atoms with Gasteiger partial charge in [0.05, 0.1) is 25.3 Å². The van der Waals surface area contributed by atoms with Crippen molar-refractivity contribution in [2.75, 3.05) is 32.7 Å². The van der Waals surface area contributed by atoms with Crippen LogP contribution >= 0.6 is 24.0 Å². The minimum absolute atomic E-state index is 0. The maximum Gasteiger partial charge on any atom is 0.390 e. The van der Waals surface area contributed by atoms with Crippen LogP contribution in [0.1, 0.15) is 39.0 Å². The molecule has 1 aromatic rings. The lowest BCUT2D eigenvalue weighted by Crippen LogP contribution is -2.40. The van der Waals surface area contributed by atoms with E-state index in [0.717, 1.165) is 18.8 Å². The van der Waals surface area contributed by atoms with Gasteiger partial charge >= 0.3 is 6.18 Å². The van der Waals surface area contributed by atoms with Crippen LogP contribution in [-0.2, 0) is 0 Å². The van der Waals surface area contributed by atoms with Crippen molar-refractivity contribution in [3.05, 3.63) is 24.2 Å². The molecule has 0 aliphatic carbocycles. The van der Waals surface area contributed by atoms with Crippen LogP contribution in [0.3, 0.4) is 0 Å². The Labute approximate surface area is 164 Å². The third-order valence-corrected chi connectivity index (χ3v) is 3.59. The molecule has 0 radical (unpaired) electrons. The summed E-state index contributed by atoms with van der Waals surface area (Å²) in [4.78, 5) is 6.63. The quantitative estimate of drug-likeness (QED) is 0.324. The highest BCUT2D eigenvalue weighted by Crippen LogP contribution is 2.21. The molecule has 0 aliphatic rings. The van der Waals surface area contributed by atoms with Gasteiger partial charge < -0.3 is 15.1 Å². The molecule has 5 nitrogen and oxygen atoms in total. The molecule has 0 amide bonds. The fourth-order valence-corrected chi connectivity index (χ4v) is 2.37. The first kappa shape index (κ1) is 24.0. The van der Waals surface area contributed by atoms with Gasteiger partial charge in [0.2, 0.25) is 0 Å². The molecule has 1 rings (SSSR count). The summed E-state index contributed by atoms with van der Waals surface area (Å²) in [5, 5.41) is 5.69. The summed E-state index contributed by atoms with van der Waals surface area (Å²) in [6.07, 6.45) is -3.46. The van der Waals surface area contributed by atoms with E-state index in [9.17, 15) is 13.2 Å². The van der Waals surface area contributed by atoms with Crippen molar-refractivity contribution < 1.29 is 17.6 Å². The lowest BCUT2D eigenvalue weighted by Gasteiger charge is -2.27. The third-order valence-electron chi connectivity index (χ3n) is 3.59. The third kappa shape index (κ3) is 9.34. The summed E-state index contributed by atoms with van der Waals surface area (Å²) in [5.74, 6) is 1.18. The number of nitrogens with zero attached hydrogens (tertiary/aromatic N) is 2. The SMILES string of the molecule is CCNC(=NCC(c1ccco1)N(CC)CC)NCCC(F)(F)F.I. The minimum atomic E-state index is -4.18. The van der Waals surface area contributed by atoms with Crippen molar-refractivity contribution in [1.29, 1.82) is 0 Å². The van der Waals surface area contributed by atoms with E-state index in [-0.39, 0.29) is 36.6 Å². The maximum absolute atomic E-state index is 12.3. The average Bonchev–Trinajstić information content (AvgIpc) is 3.04. The summed E-state index contributed by atoms with van der Waals surface area (Å²) < 4.78 is 42.3. The number of hydrogen-bond acceptors (Lipinski definition) is 3. The molecule has 2 N–H and O–H groups in total. The highest BCUT2D eigenvalue weighted by Gasteiger charge is 2.26. The summed E-state index contributed by atoms with van der Waals surface area (Å²) >= 11 is 0. The van der Waals surface area contributed by atoms with Crippen molar-refractivity contribution in [3.63, 3.8) is 0 Å². The van der Waals surface area contributed by atoms with Crippen LogP contribution in [0, 0.1) is 0 Å². The Bertz CT molecular complexity index is 476. The number of nitrogens with one attached hydrogen (secondary N) is 2. The maximum atomic E-state index is 12.3. The zero-order chi connectivity index (χ0) is 18.0. The van der Waals surface area contributed by atoms with E-state index in [1.54, 1.807) is 6.26 Å². The van der Waals surface area contributed by atoms with Crippen molar-refractivity contribution in [1.82, 2.24) is 15.5 Å². The summed E-state index contributed by atoms with van der Waals surface area (Å²) in [5.41, 5.74) is 0. The van der Waals surface area contributed by atoms with Crippen LogP contribution in [0.5, 0.6) is 0 Å². The van der Waals surface area contributed by atoms with Crippen LogP contribution in [-0.4, -0.2) is 49.8 Å². The van der Waals surface area contributed by atoms with Gasteiger partial charge in [-0.25, -0.2) is 0 Å². The Morgan fingerprint density at radius 3 is 2.40 bits per heavy atom. The number of halogens is 4. The summed E-state index contributed by atoms with van der Waals surface area (Å²) in [6.45, 7) is 8.41. The standard InChI is InChI=1S/C16H27F3N4O.HI/c1-4-20-15(21-10-9-16(17,18)19)22-12-13(23(5-2)6-3)14-8-7-11-24-14;/h7-8,11,13H,4-6,9-10,12H2,1-3H3,(H2,20,21,22);1H. The number of alkyl halides is 3. The normalized spacial score (nSPS) is 13.5. The molecule has 1 aromatic heterocycles. The van der Waals surface area contributed by atoms with Gasteiger partial charge in [-0.3, -0.25) is 9.89 Å². The number of hydrogen-bond donors (Lipinski definition) is 2. The van der Waals surface area contributed by atoms with E-state index in [1.165, 1.54) is 0 Å². The Hall–Kier alpha value is -0.970. The number of guanidine groups is 1. The molecule has 0 saturated carbocycles. The Kier molecular flexibility index (Phi) is 11.9. The number of rotatable bonds is 9. The predicted octanol–water partition coefficient (Wildman–Crippen LogP) is 3.79. The topological polar surface area (TPSA) is 52.8 Å². The van der Waals surface area contributed by atoms with E-state index in [2.05, 4.69) is 34.4 Å². The Morgan fingerprint density at radius 1 is 1.24 bits per heavy atom. The zero-order valence-electron chi connectivity index (χ0n) is 14.9. The van der Waals surface area contributed by atoms with Crippen molar-refractivity contribution in [2.24, 2.45) is 4.99 Å². The molecule has 1 atom stereocenters. The molecule has 0 spiro atoms. The highest BCUT2D eigenvalue weighted by molar-refractivity contribution is 14.0. The van der Waals surface area contributed by atoms with E-state index in [0.29, 0.717) is 19.0 Å². The molecule has 0 fully saturated rings. The van der Waals surface area contributed by atoms with E-state index in [1.807, 2.05) is 19.1 Å². The van der Waals surface area contributed by atoms with Crippen molar-refractivity contribution in [2.45, 2.75) is 39.4 Å². The average molecular weight is 476 g/mol. The minimum Gasteiger partial charge on any atom is -0.468 e. The molecular formula is C16H28F3IN4O. The smallest absolute Gasteiger partial charge is 0.390 e. The van der Waals surface area contributed by atoms with Crippen molar-refractivity contribution >= 4 is 29.9 Å². The summed E-state index contributed by atoms with van der Waals surface area (Å²) in [7, 11) is 0. The molecule has 0 saturated heterocycles. The van der Waals surface area contributed by atoms with E-state index >= 15 is 0 Å². The number of furan rings is 1. The predicted molar refractivity (Wildman–Crippen MR) is 104 cm³/mol. The van der Waals surface area contributed by atoms with Gasteiger partial charge in [0.1, 0.15) is 5.76 Å². The molecular weight excluding hydrogens is 448 g/mol. The Balaban J connectivity index is 0.00000576. The fourth-order valence-electron chi connectivity index (χ4n) is 2.37. The molecule has 146 valence electrons. The lowest BCUT2D eigenvalue weighted by molar-refractivity contribution is -0.132. The van der Waals surface area contributed by atoms with E-state index in [4.69, 9.17) is 4.42 Å². The van der Waals surface area contributed by atoms with E-state index < -0.39 is 12.6 Å². The van der Waals surface area contributed by atoms with Crippen LogP contribution in [0.2, 0.25) is 0 Å². The monoisotopic (exact) mass is 476 g/mol. The first-order valence-electron chi connectivity index (χ1n) is 8.27. The molecule has 0 aliphatic heterocycles. The van der Waals surface area contributed by atoms with Crippen LogP contribution < -0.4 is 10.6 Å². The lowest BCUT2D eigenvalue weighted by atomic mass is 10.2. The molecule has 9 heteroatoms. The van der Waals surface area contributed by atoms with Crippen LogP contribution in [0.15, 0.2) is 27.8 Å². The van der Waals surface area contributed by atoms with Gasteiger partial charge in [-0.2, -0.15) is 13.2 Å². The molecule has 0 aromatic carbocycles.